The number of anilines is 1. The largest absolute Gasteiger partial charge is 0.484 e. The van der Waals surface area contributed by atoms with Crippen LogP contribution in [-0.2, 0) is 14.3 Å². The van der Waals surface area contributed by atoms with Gasteiger partial charge >= 0.3 is 0 Å². The molecule has 2 aliphatic rings. The lowest BCUT2D eigenvalue weighted by atomic mass is 9.93. The van der Waals surface area contributed by atoms with Crippen LogP contribution in [0.1, 0.15) is 49.4 Å². The lowest BCUT2D eigenvalue weighted by molar-refractivity contribution is -0.137. The molecule has 2 aliphatic heterocycles. The summed E-state index contributed by atoms with van der Waals surface area (Å²) in [5.74, 6) is 0.530. The zero-order chi connectivity index (χ0) is 32.2. The molecule has 1 N–H and O–H groups in total. The molecule has 0 saturated carbocycles. The SMILES string of the molecule is CC1=C(C(=O)Nc2ccccc2)[C@@H](c2ccc(C(C)C)cc2)n2c(s/c(=C/c3ccc(OCC(=O)N4CCOCC4)cc3)c2=O)=N1. The number of amides is 2. The summed E-state index contributed by atoms with van der Waals surface area (Å²) >= 11 is 1.29. The first kappa shape index (κ1) is 31.2. The van der Waals surface area contributed by atoms with E-state index in [-0.39, 0.29) is 24.0 Å². The fraction of sp³-hybridized carbons (Fsp3) is 0.278. The van der Waals surface area contributed by atoms with Crippen molar-refractivity contribution in [2.24, 2.45) is 4.99 Å². The third kappa shape index (κ3) is 6.73. The normalized spacial score (nSPS) is 16.7. The molecule has 10 heteroatoms. The molecule has 0 bridgehead atoms. The number of hydrogen-bond acceptors (Lipinski definition) is 7. The predicted octanol–water partition coefficient (Wildman–Crippen LogP) is 4.23. The Labute approximate surface area is 271 Å². The van der Waals surface area contributed by atoms with E-state index in [9.17, 15) is 14.4 Å². The summed E-state index contributed by atoms with van der Waals surface area (Å²) in [6.07, 6.45) is 1.81. The van der Waals surface area contributed by atoms with Crippen molar-refractivity contribution in [3.63, 3.8) is 0 Å². The van der Waals surface area contributed by atoms with Crippen molar-refractivity contribution in [3.8, 4) is 5.75 Å². The van der Waals surface area contributed by atoms with Crippen LogP contribution in [0, 0.1) is 0 Å². The number of nitrogens with zero attached hydrogens (tertiary/aromatic N) is 3. The summed E-state index contributed by atoms with van der Waals surface area (Å²) in [4.78, 5) is 47.3. The second-order valence-corrected chi connectivity index (χ2v) is 12.6. The van der Waals surface area contributed by atoms with Gasteiger partial charge in [0, 0.05) is 18.8 Å². The van der Waals surface area contributed by atoms with E-state index >= 15 is 0 Å². The van der Waals surface area contributed by atoms with Crippen LogP contribution in [0.2, 0.25) is 0 Å². The summed E-state index contributed by atoms with van der Waals surface area (Å²) in [6.45, 7) is 8.25. The Morgan fingerprint density at radius 1 is 1.02 bits per heavy atom. The van der Waals surface area contributed by atoms with Crippen LogP contribution in [0.5, 0.6) is 5.75 Å². The first-order valence-electron chi connectivity index (χ1n) is 15.4. The van der Waals surface area contributed by atoms with E-state index in [1.165, 1.54) is 16.9 Å². The molecule has 9 nitrogen and oxygen atoms in total. The average Bonchev–Trinajstić information content (AvgIpc) is 3.38. The monoisotopic (exact) mass is 636 g/mol. The van der Waals surface area contributed by atoms with Gasteiger partial charge in [-0.1, -0.05) is 79.8 Å². The number of rotatable bonds is 8. The van der Waals surface area contributed by atoms with Gasteiger partial charge in [-0.2, -0.15) is 0 Å². The average molecular weight is 637 g/mol. The third-order valence-corrected chi connectivity index (χ3v) is 9.10. The van der Waals surface area contributed by atoms with Gasteiger partial charge in [0.25, 0.3) is 17.4 Å². The Morgan fingerprint density at radius 2 is 1.72 bits per heavy atom. The van der Waals surface area contributed by atoms with Crippen LogP contribution in [0.4, 0.5) is 5.69 Å². The lowest BCUT2D eigenvalue weighted by Gasteiger charge is -2.26. The van der Waals surface area contributed by atoms with Crippen molar-refractivity contribution in [2.75, 3.05) is 38.2 Å². The van der Waals surface area contributed by atoms with Gasteiger partial charge in [0.1, 0.15) is 5.75 Å². The number of nitrogens with one attached hydrogen (secondary N) is 1. The van der Waals surface area contributed by atoms with Crippen LogP contribution in [-0.4, -0.2) is 54.2 Å². The molecular formula is C36H36N4O5S. The van der Waals surface area contributed by atoms with E-state index in [0.29, 0.717) is 64.3 Å². The molecular weight excluding hydrogens is 600 g/mol. The predicted molar refractivity (Wildman–Crippen MR) is 179 cm³/mol. The Morgan fingerprint density at radius 3 is 2.39 bits per heavy atom. The molecule has 0 unspecified atom stereocenters. The van der Waals surface area contributed by atoms with Gasteiger partial charge in [0.15, 0.2) is 11.4 Å². The van der Waals surface area contributed by atoms with Crippen molar-refractivity contribution < 1.29 is 19.1 Å². The number of carbonyl (C=O) groups excluding carboxylic acids is 2. The summed E-state index contributed by atoms with van der Waals surface area (Å²) in [5.41, 5.74) is 4.23. The van der Waals surface area contributed by atoms with E-state index in [4.69, 9.17) is 14.5 Å². The standard InChI is InChI=1S/C36H36N4O5S/c1-23(2)26-11-13-27(14-12-26)33-32(34(42)38-28-7-5-4-6-8-28)24(3)37-36-40(33)35(43)30(46-36)21-25-9-15-29(16-10-25)45-22-31(41)39-17-19-44-20-18-39/h4-16,21,23,33H,17-20,22H2,1-3H3,(H,38,42)/b30-21+/t33-/m1/s1. The van der Waals surface area contributed by atoms with E-state index in [0.717, 1.165) is 11.1 Å². The van der Waals surface area contributed by atoms with Crippen molar-refractivity contribution >= 4 is 34.9 Å². The van der Waals surface area contributed by atoms with Crippen LogP contribution in [0.15, 0.2) is 99.9 Å². The molecule has 1 aromatic heterocycles. The molecule has 236 valence electrons. The van der Waals surface area contributed by atoms with Gasteiger partial charge in [-0.25, -0.2) is 4.99 Å². The fourth-order valence-corrected chi connectivity index (χ4v) is 6.62. The first-order chi connectivity index (χ1) is 22.3. The van der Waals surface area contributed by atoms with Crippen molar-refractivity contribution in [3.05, 3.63) is 127 Å². The number of para-hydroxylation sites is 1. The number of allylic oxidation sites excluding steroid dienone is 1. The number of morpholine rings is 1. The molecule has 2 amide bonds. The van der Waals surface area contributed by atoms with Gasteiger partial charge in [0.2, 0.25) is 0 Å². The number of carbonyl (C=O) groups is 2. The number of aromatic nitrogens is 1. The highest BCUT2D eigenvalue weighted by molar-refractivity contribution is 7.07. The minimum Gasteiger partial charge on any atom is -0.484 e. The zero-order valence-corrected chi connectivity index (χ0v) is 26.9. The minimum absolute atomic E-state index is 0.0460. The van der Waals surface area contributed by atoms with Gasteiger partial charge in [-0.05, 0) is 59.9 Å². The quantitative estimate of drug-likeness (QED) is 0.312. The molecule has 1 saturated heterocycles. The molecule has 4 aromatic rings. The molecule has 3 aromatic carbocycles. The van der Waals surface area contributed by atoms with Crippen LogP contribution in [0.25, 0.3) is 6.08 Å². The molecule has 3 heterocycles. The van der Waals surface area contributed by atoms with E-state index < -0.39 is 6.04 Å². The van der Waals surface area contributed by atoms with E-state index in [1.807, 2.05) is 67.6 Å². The number of thiazole rings is 1. The molecule has 0 spiro atoms. The minimum atomic E-state index is -0.650. The summed E-state index contributed by atoms with van der Waals surface area (Å²) in [7, 11) is 0. The van der Waals surface area contributed by atoms with E-state index in [1.54, 1.807) is 21.6 Å². The van der Waals surface area contributed by atoms with Crippen molar-refractivity contribution in [1.82, 2.24) is 9.47 Å². The molecule has 0 aliphatic carbocycles. The Hall–Kier alpha value is -4.80. The number of benzene rings is 3. The number of fused-ring (bicyclic) bond motifs is 1. The maximum atomic E-state index is 14.1. The van der Waals surface area contributed by atoms with Gasteiger partial charge < -0.3 is 19.7 Å². The second-order valence-electron chi connectivity index (χ2n) is 11.6. The topological polar surface area (TPSA) is 102 Å². The highest BCUT2D eigenvalue weighted by Gasteiger charge is 2.32. The van der Waals surface area contributed by atoms with Gasteiger partial charge in [0.05, 0.1) is 35.1 Å². The van der Waals surface area contributed by atoms with Crippen molar-refractivity contribution in [2.45, 2.75) is 32.7 Å². The highest BCUT2D eigenvalue weighted by atomic mass is 32.1. The fourth-order valence-electron chi connectivity index (χ4n) is 5.57. The van der Waals surface area contributed by atoms with Gasteiger partial charge in [-0.3, -0.25) is 19.0 Å². The number of ether oxygens (including phenoxy) is 2. The number of hydrogen-bond donors (Lipinski definition) is 1. The maximum Gasteiger partial charge on any atom is 0.271 e. The molecule has 0 radical (unpaired) electrons. The first-order valence-corrected chi connectivity index (χ1v) is 16.2. The summed E-state index contributed by atoms with van der Waals surface area (Å²) in [5, 5.41) is 2.99. The molecule has 6 rings (SSSR count). The lowest BCUT2D eigenvalue weighted by Crippen LogP contribution is -2.42. The van der Waals surface area contributed by atoms with E-state index in [2.05, 4.69) is 31.3 Å². The molecule has 1 fully saturated rings. The Kier molecular flexibility index (Phi) is 9.28. The summed E-state index contributed by atoms with van der Waals surface area (Å²) < 4.78 is 13.2. The summed E-state index contributed by atoms with van der Waals surface area (Å²) in [6, 6.07) is 24.0. The van der Waals surface area contributed by atoms with Crippen LogP contribution >= 0.6 is 11.3 Å². The van der Waals surface area contributed by atoms with Gasteiger partial charge in [-0.15, -0.1) is 0 Å². The maximum absolute atomic E-state index is 14.1. The molecule has 46 heavy (non-hydrogen) atoms. The molecule has 1 atom stereocenters. The third-order valence-electron chi connectivity index (χ3n) is 8.12. The van der Waals surface area contributed by atoms with Crippen LogP contribution < -0.4 is 24.9 Å². The Balaban J connectivity index is 1.31. The smallest absolute Gasteiger partial charge is 0.271 e. The second kappa shape index (κ2) is 13.7. The highest BCUT2D eigenvalue weighted by Crippen LogP contribution is 2.31. The van der Waals surface area contributed by atoms with Crippen LogP contribution in [0.3, 0.4) is 0 Å². The Bertz CT molecular complexity index is 1940. The zero-order valence-electron chi connectivity index (χ0n) is 26.1. The van der Waals surface area contributed by atoms with Crippen molar-refractivity contribution in [1.29, 1.82) is 0 Å².